The molecule has 4 rings (SSSR count). The fourth-order valence-corrected chi connectivity index (χ4v) is 4.50. The first-order valence-corrected chi connectivity index (χ1v) is 11.6. The third-order valence-electron chi connectivity index (χ3n) is 5.21. The zero-order valence-electron chi connectivity index (χ0n) is 18.5. The third kappa shape index (κ3) is 5.26. The molecule has 0 aromatic heterocycles. The largest absolute Gasteiger partial charge is 0.493 e. The molecule has 5 nitrogen and oxygen atoms in total. The molecule has 0 saturated carbocycles. The predicted octanol–water partition coefficient (Wildman–Crippen LogP) is 6.61. The molecule has 0 spiro atoms. The molecule has 1 aliphatic rings. The van der Waals surface area contributed by atoms with E-state index in [-0.39, 0.29) is 17.0 Å². The maximum atomic E-state index is 14.0. The van der Waals surface area contributed by atoms with Gasteiger partial charge in [0.1, 0.15) is 12.4 Å². The van der Waals surface area contributed by atoms with Crippen LogP contribution in [0.25, 0.3) is 6.08 Å². The Hall–Kier alpha value is -3.29. The zero-order chi connectivity index (χ0) is 24.2. The minimum atomic E-state index is -0.493. The summed E-state index contributed by atoms with van der Waals surface area (Å²) in [6.45, 7) is 2.19. The van der Waals surface area contributed by atoms with Crippen molar-refractivity contribution < 1.29 is 23.5 Å². The highest BCUT2D eigenvalue weighted by atomic mass is 35.5. The highest BCUT2D eigenvalue weighted by Gasteiger charge is 2.35. The SMILES string of the molecule is COc1cc(/C=C2\SC(=O)N(Cc3ccccc3F)C2=O)cc(Cl)c1OCc1ccc(C)cc1. The van der Waals surface area contributed by atoms with E-state index in [1.54, 1.807) is 36.4 Å². The van der Waals surface area contributed by atoms with Crippen molar-refractivity contribution >= 4 is 40.6 Å². The Balaban J connectivity index is 1.53. The van der Waals surface area contributed by atoms with E-state index in [0.29, 0.717) is 28.7 Å². The van der Waals surface area contributed by atoms with Gasteiger partial charge in [-0.25, -0.2) is 4.39 Å². The van der Waals surface area contributed by atoms with Crippen LogP contribution < -0.4 is 9.47 Å². The Labute approximate surface area is 206 Å². The molecular formula is C26H21ClFNO4S. The number of halogens is 2. The second-order valence-corrected chi connectivity index (χ2v) is 9.07. The Morgan fingerprint density at radius 2 is 1.82 bits per heavy atom. The van der Waals surface area contributed by atoms with Gasteiger partial charge in [-0.05, 0) is 54.1 Å². The van der Waals surface area contributed by atoms with Crippen molar-refractivity contribution in [3.8, 4) is 11.5 Å². The van der Waals surface area contributed by atoms with Gasteiger partial charge in [-0.3, -0.25) is 14.5 Å². The van der Waals surface area contributed by atoms with Crippen LogP contribution in [0.3, 0.4) is 0 Å². The van der Waals surface area contributed by atoms with Crippen LogP contribution in [-0.2, 0) is 17.9 Å². The van der Waals surface area contributed by atoms with Crippen molar-refractivity contribution in [1.82, 2.24) is 4.90 Å². The smallest absolute Gasteiger partial charge is 0.293 e. The molecule has 0 radical (unpaired) electrons. The van der Waals surface area contributed by atoms with E-state index in [0.717, 1.165) is 27.8 Å². The van der Waals surface area contributed by atoms with Gasteiger partial charge in [-0.15, -0.1) is 0 Å². The summed E-state index contributed by atoms with van der Waals surface area (Å²) in [5.41, 5.74) is 2.98. The summed E-state index contributed by atoms with van der Waals surface area (Å²) in [4.78, 5) is 26.5. The van der Waals surface area contributed by atoms with Gasteiger partial charge >= 0.3 is 0 Å². The molecule has 1 fully saturated rings. The van der Waals surface area contributed by atoms with Gasteiger partial charge in [0, 0.05) is 5.56 Å². The summed E-state index contributed by atoms with van der Waals surface area (Å²) in [7, 11) is 1.50. The molecule has 2 amide bonds. The lowest BCUT2D eigenvalue weighted by Crippen LogP contribution is -2.27. The number of imide groups is 1. The van der Waals surface area contributed by atoms with Crippen molar-refractivity contribution in [1.29, 1.82) is 0 Å². The number of benzene rings is 3. The topological polar surface area (TPSA) is 55.8 Å². The van der Waals surface area contributed by atoms with Crippen LogP contribution in [0.15, 0.2) is 65.6 Å². The minimum Gasteiger partial charge on any atom is -0.493 e. The molecule has 174 valence electrons. The van der Waals surface area contributed by atoms with Crippen LogP contribution >= 0.6 is 23.4 Å². The highest BCUT2D eigenvalue weighted by molar-refractivity contribution is 8.18. The monoisotopic (exact) mass is 497 g/mol. The van der Waals surface area contributed by atoms with Gasteiger partial charge in [-0.1, -0.05) is 59.6 Å². The quantitative estimate of drug-likeness (QED) is 0.344. The van der Waals surface area contributed by atoms with Crippen LogP contribution in [0.1, 0.15) is 22.3 Å². The van der Waals surface area contributed by atoms with Crippen LogP contribution in [-0.4, -0.2) is 23.2 Å². The van der Waals surface area contributed by atoms with Crippen LogP contribution in [0.4, 0.5) is 9.18 Å². The number of rotatable bonds is 7. The number of aryl methyl sites for hydroxylation is 1. The van der Waals surface area contributed by atoms with Crippen molar-refractivity contribution in [2.45, 2.75) is 20.1 Å². The molecular weight excluding hydrogens is 477 g/mol. The Morgan fingerprint density at radius 3 is 2.53 bits per heavy atom. The van der Waals surface area contributed by atoms with E-state index < -0.39 is 17.0 Å². The summed E-state index contributed by atoms with van der Waals surface area (Å²) >= 11 is 7.26. The normalized spacial score (nSPS) is 14.7. The molecule has 0 bridgehead atoms. The Bertz CT molecular complexity index is 1280. The number of hydrogen-bond acceptors (Lipinski definition) is 5. The summed E-state index contributed by atoms with van der Waals surface area (Å²) in [6, 6.07) is 17.3. The van der Waals surface area contributed by atoms with Crippen LogP contribution in [0.2, 0.25) is 5.02 Å². The van der Waals surface area contributed by atoms with Crippen molar-refractivity contribution in [3.63, 3.8) is 0 Å². The second kappa shape index (κ2) is 10.3. The van der Waals surface area contributed by atoms with Crippen LogP contribution in [0, 0.1) is 12.7 Å². The van der Waals surface area contributed by atoms with Crippen molar-refractivity contribution in [2.24, 2.45) is 0 Å². The molecule has 8 heteroatoms. The number of hydrogen-bond donors (Lipinski definition) is 0. The molecule has 0 atom stereocenters. The molecule has 3 aromatic rings. The number of nitrogens with zero attached hydrogens (tertiary/aromatic N) is 1. The van der Waals surface area contributed by atoms with Gasteiger partial charge in [0.25, 0.3) is 11.1 Å². The number of amides is 2. The molecule has 0 aliphatic carbocycles. The maximum absolute atomic E-state index is 14.0. The van der Waals surface area contributed by atoms with Crippen molar-refractivity contribution in [3.05, 3.63) is 98.7 Å². The summed E-state index contributed by atoms with van der Waals surface area (Å²) < 4.78 is 25.3. The lowest BCUT2D eigenvalue weighted by Gasteiger charge is -2.14. The van der Waals surface area contributed by atoms with E-state index in [2.05, 4.69) is 0 Å². The number of ether oxygens (including phenoxy) is 2. The van der Waals surface area contributed by atoms with E-state index >= 15 is 0 Å². The molecule has 0 unspecified atom stereocenters. The molecule has 0 N–H and O–H groups in total. The molecule has 1 saturated heterocycles. The zero-order valence-corrected chi connectivity index (χ0v) is 20.1. The Morgan fingerprint density at radius 1 is 1.09 bits per heavy atom. The summed E-state index contributed by atoms with van der Waals surface area (Å²) in [6.07, 6.45) is 1.56. The van der Waals surface area contributed by atoms with E-state index in [4.69, 9.17) is 21.1 Å². The second-order valence-electron chi connectivity index (χ2n) is 7.67. The third-order valence-corrected chi connectivity index (χ3v) is 6.40. The van der Waals surface area contributed by atoms with Gasteiger partial charge in [0.2, 0.25) is 0 Å². The fraction of sp³-hybridized carbons (Fsp3) is 0.154. The van der Waals surface area contributed by atoms with E-state index in [9.17, 15) is 14.0 Å². The maximum Gasteiger partial charge on any atom is 0.293 e. The average molecular weight is 498 g/mol. The predicted molar refractivity (Wildman–Crippen MR) is 131 cm³/mol. The van der Waals surface area contributed by atoms with Crippen molar-refractivity contribution in [2.75, 3.05) is 7.11 Å². The number of methoxy groups -OCH3 is 1. The number of carbonyl (C=O) groups is 2. The minimum absolute atomic E-state index is 0.134. The molecule has 34 heavy (non-hydrogen) atoms. The standard InChI is InChI=1S/C26H21ClFNO4S/c1-16-7-9-17(10-8-16)15-33-24-20(27)11-18(12-22(24)32-2)13-23-25(30)29(26(31)34-23)14-19-5-3-4-6-21(19)28/h3-13H,14-15H2,1-2H3/b23-13-. The lowest BCUT2D eigenvalue weighted by molar-refractivity contribution is -0.123. The number of carbonyl (C=O) groups excluding carboxylic acids is 2. The van der Waals surface area contributed by atoms with Gasteiger partial charge in [0.15, 0.2) is 11.5 Å². The van der Waals surface area contributed by atoms with Gasteiger partial charge in [-0.2, -0.15) is 0 Å². The summed E-state index contributed by atoms with van der Waals surface area (Å²) in [5, 5.41) is -0.154. The number of thioether (sulfide) groups is 1. The van der Waals surface area contributed by atoms with E-state index in [1.165, 1.54) is 13.2 Å². The Kier molecular flexibility index (Phi) is 7.24. The molecule has 1 heterocycles. The molecule has 3 aromatic carbocycles. The van der Waals surface area contributed by atoms with Gasteiger partial charge in [0.05, 0.1) is 23.6 Å². The van der Waals surface area contributed by atoms with E-state index in [1.807, 2.05) is 31.2 Å². The lowest BCUT2D eigenvalue weighted by atomic mass is 10.1. The average Bonchev–Trinajstić information content (AvgIpc) is 3.07. The van der Waals surface area contributed by atoms with Gasteiger partial charge < -0.3 is 9.47 Å². The summed E-state index contributed by atoms with van der Waals surface area (Å²) in [5.74, 6) is -0.178. The fourth-order valence-electron chi connectivity index (χ4n) is 3.39. The first-order valence-electron chi connectivity index (χ1n) is 10.4. The first kappa shape index (κ1) is 23.9. The van der Waals surface area contributed by atoms with Crippen LogP contribution in [0.5, 0.6) is 11.5 Å². The highest BCUT2D eigenvalue weighted by Crippen LogP contribution is 2.39. The molecule has 1 aliphatic heterocycles. The first-order chi connectivity index (χ1) is 16.4.